The van der Waals surface area contributed by atoms with Crippen LogP contribution < -0.4 is 9.47 Å². The molecule has 186 valence electrons. The molecule has 1 aliphatic carbocycles. The summed E-state index contributed by atoms with van der Waals surface area (Å²) in [5, 5.41) is 0. The van der Waals surface area contributed by atoms with Crippen molar-refractivity contribution in [2.45, 2.75) is 58.3 Å². The second-order valence-electron chi connectivity index (χ2n) is 9.33. The molecule has 0 heterocycles. The zero-order valence-corrected chi connectivity index (χ0v) is 20.5. The van der Waals surface area contributed by atoms with Crippen molar-refractivity contribution >= 4 is 0 Å². The van der Waals surface area contributed by atoms with Crippen molar-refractivity contribution in [3.63, 3.8) is 0 Å². The Morgan fingerprint density at radius 3 is 2.20 bits per heavy atom. The third kappa shape index (κ3) is 6.01. The second kappa shape index (κ2) is 11.7. The summed E-state index contributed by atoms with van der Waals surface area (Å²) in [5.41, 5.74) is 2.65. The molecule has 1 saturated carbocycles. The number of rotatable bonds is 9. The maximum Gasteiger partial charge on any atom is 0.168 e. The highest BCUT2D eigenvalue weighted by atomic mass is 19.2. The van der Waals surface area contributed by atoms with E-state index in [1.807, 2.05) is 24.3 Å². The summed E-state index contributed by atoms with van der Waals surface area (Å²) >= 11 is 0. The van der Waals surface area contributed by atoms with Crippen LogP contribution in [0.2, 0.25) is 0 Å². The molecule has 4 rings (SSSR count). The Balaban J connectivity index is 1.35. The Morgan fingerprint density at radius 2 is 1.54 bits per heavy atom. The fraction of sp³-hybridized carbons (Fsp3) is 0.400. The summed E-state index contributed by atoms with van der Waals surface area (Å²) in [6, 6.07) is 15.8. The molecule has 0 unspecified atom stereocenters. The molecular formula is C30H33F3O2. The van der Waals surface area contributed by atoms with Crippen LogP contribution >= 0.6 is 0 Å². The maximum absolute atomic E-state index is 15.1. The van der Waals surface area contributed by atoms with Gasteiger partial charge in [0.15, 0.2) is 23.2 Å². The molecule has 0 saturated heterocycles. The van der Waals surface area contributed by atoms with Gasteiger partial charge in [-0.25, -0.2) is 13.2 Å². The zero-order chi connectivity index (χ0) is 24.8. The van der Waals surface area contributed by atoms with E-state index in [4.69, 9.17) is 9.47 Å². The predicted octanol–water partition coefficient (Wildman–Crippen LogP) is 8.47. The molecule has 0 radical (unpaired) electrons. The average Bonchev–Trinajstić information content (AvgIpc) is 2.87. The van der Waals surface area contributed by atoms with Gasteiger partial charge in [-0.05, 0) is 79.7 Å². The Bertz CT molecular complexity index is 1120. The summed E-state index contributed by atoms with van der Waals surface area (Å²) in [7, 11) is 0. The van der Waals surface area contributed by atoms with Gasteiger partial charge in [-0.15, -0.1) is 0 Å². The first kappa shape index (κ1) is 25.2. The summed E-state index contributed by atoms with van der Waals surface area (Å²) < 4.78 is 55.1. The Hall–Kier alpha value is -2.95. The van der Waals surface area contributed by atoms with Crippen LogP contribution in [0.25, 0.3) is 11.1 Å². The lowest BCUT2D eigenvalue weighted by Gasteiger charge is -2.29. The Kier molecular flexibility index (Phi) is 8.37. The van der Waals surface area contributed by atoms with Gasteiger partial charge in [-0.3, -0.25) is 0 Å². The molecule has 0 aliphatic heterocycles. The first-order chi connectivity index (χ1) is 17.0. The number of aryl methyl sites for hydroxylation is 1. The van der Waals surface area contributed by atoms with Crippen LogP contribution in [0.1, 0.15) is 63.0 Å². The Labute approximate surface area is 206 Å². The highest BCUT2D eigenvalue weighted by Crippen LogP contribution is 2.39. The SMILES string of the molecule is CCCc1ccc(-c2ccc(C3CCC(COc4ccc(OCC)c(F)c4)CC3)c(F)c2F)cc1. The zero-order valence-electron chi connectivity index (χ0n) is 20.5. The van der Waals surface area contributed by atoms with Gasteiger partial charge in [0.1, 0.15) is 5.75 Å². The highest BCUT2D eigenvalue weighted by molar-refractivity contribution is 5.65. The average molecular weight is 483 g/mol. The molecule has 0 aromatic heterocycles. The third-order valence-electron chi connectivity index (χ3n) is 6.89. The largest absolute Gasteiger partial charge is 0.493 e. The molecule has 1 fully saturated rings. The number of halogens is 3. The van der Waals surface area contributed by atoms with Crippen molar-refractivity contribution in [3.05, 3.63) is 83.2 Å². The van der Waals surface area contributed by atoms with Gasteiger partial charge < -0.3 is 9.47 Å². The quantitative estimate of drug-likeness (QED) is 0.304. The van der Waals surface area contributed by atoms with Crippen LogP contribution in [0.5, 0.6) is 11.5 Å². The fourth-order valence-corrected chi connectivity index (χ4v) is 4.94. The van der Waals surface area contributed by atoms with Crippen LogP contribution in [0.4, 0.5) is 13.2 Å². The number of hydrogen-bond acceptors (Lipinski definition) is 2. The van der Waals surface area contributed by atoms with Crippen molar-refractivity contribution in [2.75, 3.05) is 13.2 Å². The molecule has 35 heavy (non-hydrogen) atoms. The lowest BCUT2D eigenvalue weighted by Crippen LogP contribution is -2.20. The van der Waals surface area contributed by atoms with Gasteiger partial charge in [0.2, 0.25) is 0 Å². The second-order valence-corrected chi connectivity index (χ2v) is 9.33. The van der Waals surface area contributed by atoms with Crippen molar-refractivity contribution in [2.24, 2.45) is 5.92 Å². The molecule has 0 atom stereocenters. The monoisotopic (exact) mass is 482 g/mol. The van der Waals surface area contributed by atoms with Gasteiger partial charge in [0, 0.05) is 11.6 Å². The summed E-state index contributed by atoms with van der Waals surface area (Å²) in [4.78, 5) is 0. The van der Waals surface area contributed by atoms with Gasteiger partial charge in [-0.1, -0.05) is 49.7 Å². The standard InChI is InChI=1S/C30H33F3O2/c1-3-5-20-6-10-22(11-7-20)25-15-16-26(30(33)29(25)32)23-12-8-21(9-13-23)19-35-24-14-17-28(34-4-2)27(31)18-24/h6-7,10-11,14-18,21,23H,3-5,8-9,12-13,19H2,1-2H3. The van der Waals surface area contributed by atoms with E-state index < -0.39 is 17.5 Å². The van der Waals surface area contributed by atoms with Crippen molar-refractivity contribution < 1.29 is 22.6 Å². The van der Waals surface area contributed by atoms with Crippen LogP contribution in [-0.2, 0) is 6.42 Å². The van der Waals surface area contributed by atoms with Crippen LogP contribution in [0.3, 0.4) is 0 Å². The smallest absolute Gasteiger partial charge is 0.168 e. The minimum atomic E-state index is -0.770. The van der Waals surface area contributed by atoms with Gasteiger partial charge in [-0.2, -0.15) is 0 Å². The molecule has 0 spiro atoms. The van der Waals surface area contributed by atoms with Crippen LogP contribution in [0.15, 0.2) is 54.6 Å². The highest BCUT2D eigenvalue weighted by Gasteiger charge is 2.27. The minimum absolute atomic E-state index is 0.00958. The van der Waals surface area contributed by atoms with E-state index in [2.05, 4.69) is 6.92 Å². The Morgan fingerprint density at radius 1 is 0.800 bits per heavy atom. The third-order valence-corrected chi connectivity index (χ3v) is 6.89. The van der Waals surface area contributed by atoms with Gasteiger partial charge >= 0.3 is 0 Å². The predicted molar refractivity (Wildman–Crippen MR) is 134 cm³/mol. The molecule has 0 bridgehead atoms. The van der Waals surface area contributed by atoms with E-state index in [9.17, 15) is 4.39 Å². The van der Waals surface area contributed by atoms with E-state index in [-0.39, 0.29) is 11.7 Å². The van der Waals surface area contributed by atoms with E-state index in [1.54, 1.807) is 31.2 Å². The molecule has 2 nitrogen and oxygen atoms in total. The normalized spacial score (nSPS) is 17.9. The van der Waals surface area contributed by atoms with E-state index in [0.717, 1.165) is 38.5 Å². The molecule has 0 amide bonds. The summed E-state index contributed by atoms with van der Waals surface area (Å²) in [6.07, 6.45) is 5.27. The topological polar surface area (TPSA) is 18.5 Å². The van der Waals surface area contributed by atoms with E-state index in [1.165, 1.54) is 11.6 Å². The van der Waals surface area contributed by atoms with Crippen LogP contribution in [-0.4, -0.2) is 13.2 Å². The van der Waals surface area contributed by atoms with E-state index >= 15 is 8.78 Å². The number of ether oxygens (including phenoxy) is 2. The lowest BCUT2D eigenvalue weighted by atomic mass is 9.78. The number of benzene rings is 3. The molecule has 1 aliphatic rings. The summed E-state index contributed by atoms with van der Waals surface area (Å²) in [5.74, 6) is -0.961. The lowest BCUT2D eigenvalue weighted by molar-refractivity contribution is 0.198. The minimum Gasteiger partial charge on any atom is -0.493 e. The fourth-order valence-electron chi connectivity index (χ4n) is 4.94. The summed E-state index contributed by atoms with van der Waals surface area (Å²) in [6.45, 7) is 4.80. The first-order valence-corrected chi connectivity index (χ1v) is 12.6. The number of hydrogen-bond donors (Lipinski definition) is 0. The van der Waals surface area contributed by atoms with Crippen LogP contribution in [0, 0.1) is 23.4 Å². The molecule has 3 aromatic carbocycles. The first-order valence-electron chi connectivity index (χ1n) is 12.6. The van der Waals surface area contributed by atoms with Gasteiger partial charge in [0.25, 0.3) is 0 Å². The van der Waals surface area contributed by atoms with Crippen molar-refractivity contribution in [3.8, 4) is 22.6 Å². The van der Waals surface area contributed by atoms with E-state index in [0.29, 0.717) is 41.6 Å². The molecule has 5 heteroatoms. The van der Waals surface area contributed by atoms with Gasteiger partial charge in [0.05, 0.1) is 13.2 Å². The maximum atomic E-state index is 15.1. The molecule has 0 N–H and O–H groups in total. The molecule has 3 aromatic rings. The molecular weight excluding hydrogens is 449 g/mol. The van der Waals surface area contributed by atoms with Crippen molar-refractivity contribution in [1.29, 1.82) is 0 Å². The van der Waals surface area contributed by atoms with Crippen molar-refractivity contribution in [1.82, 2.24) is 0 Å².